The second-order valence-electron chi connectivity index (χ2n) is 4.29. The topological polar surface area (TPSA) is 107 Å². The van der Waals surface area contributed by atoms with Crippen molar-refractivity contribution in [1.29, 1.82) is 0 Å². The van der Waals surface area contributed by atoms with E-state index in [0.717, 1.165) is 16.4 Å². The van der Waals surface area contributed by atoms with Crippen LogP contribution in [0.5, 0.6) is 0 Å². The van der Waals surface area contributed by atoms with Crippen molar-refractivity contribution < 1.29 is 13.3 Å². The van der Waals surface area contributed by atoms with Gasteiger partial charge in [-0.1, -0.05) is 18.2 Å². The fourth-order valence-corrected chi connectivity index (χ4v) is 3.20. The predicted molar refractivity (Wildman–Crippen MR) is 79.5 cm³/mol. The van der Waals surface area contributed by atoms with Crippen molar-refractivity contribution in [1.82, 2.24) is 0 Å². The van der Waals surface area contributed by atoms with Crippen LogP contribution >= 0.6 is 0 Å². The molecule has 0 aliphatic carbocycles. The van der Waals surface area contributed by atoms with Crippen LogP contribution in [0.25, 0.3) is 0 Å². The maximum atomic E-state index is 12.6. The van der Waals surface area contributed by atoms with Crippen molar-refractivity contribution in [2.75, 3.05) is 17.1 Å². The first-order chi connectivity index (χ1) is 9.84. The molecule has 0 heterocycles. The van der Waals surface area contributed by atoms with E-state index >= 15 is 0 Å². The van der Waals surface area contributed by atoms with Crippen LogP contribution < -0.4 is 10.0 Å². The molecule has 0 amide bonds. The number of rotatable bonds is 4. The average Bonchev–Trinajstić information content (AvgIpc) is 2.47. The molecule has 2 rings (SSSR count). The first-order valence-corrected chi connectivity index (χ1v) is 7.36. The second kappa shape index (κ2) is 5.41. The third-order valence-corrected chi connectivity index (χ3v) is 4.75. The van der Waals surface area contributed by atoms with E-state index in [4.69, 9.17) is 5.73 Å². The Morgan fingerprint density at radius 1 is 1.14 bits per heavy atom. The van der Waals surface area contributed by atoms with Gasteiger partial charge in [-0.2, -0.15) is 0 Å². The van der Waals surface area contributed by atoms with E-state index in [0.29, 0.717) is 5.69 Å². The Bertz CT molecular complexity index is 775. The molecule has 7 nitrogen and oxygen atoms in total. The van der Waals surface area contributed by atoms with Gasteiger partial charge in [0.25, 0.3) is 15.7 Å². The summed E-state index contributed by atoms with van der Waals surface area (Å²) in [4.78, 5) is 9.84. The smallest absolute Gasteiger partial charge is 0.290 e. The molecule has 0 bridgehead atoms. The van der Waals surface area contributed by atoms with Gasteiger partial charge < -0.3 is 5.73 Å². The third-order valence-electron chi connectivity index (χ3n) is 2.94. The van der Waals surface area contributed by atoms with Gasteiger partial charge in [-0.05, 0) is 24.3 Å². The highest BCUT2D eigenvalue weighted by Gasteiger charge is 2.30. The quantitative estimate of drug-likeness (QED) is 0.528. The Balaban J connectivity index is 2.59. The molecular weight excluding hydrogens is 294 g/mol. The van der Waals surface area contributed by atoms with Crippen LogP contribution in [0.4, 0.5) is 17.1 Å². The van der Waals surface area contributed by atoms with Gasteiger partial charge in [-0.25, -0.2) is 8.42 Å². The molecule has 0 unspecified atom stereocenters. The zero-order valence-corrected chi connectivity index (χ0v) is 11.9. The van der Waals surface area contributed by atoms with E-state index < -0.39 is 25.5 Å². The highest BCUT2D eigenvalue weighted by Crippen LogP contribution is 2.30. The number of benzene rings is 2. The van der Waals surface area contributed by atoms with E-state index in [2.05, 4.69) is 0 Å². The van der Waals surface area contributed by atoms with Crippen LogP contribution in [0.2, 0.25) is 0 Å². The lowest BCUT2D eigenvalue weighted by atomic mass is 10.3. The van der Waals surface area contributed by atoms with Crippen molar-refractivity contribution in [3.63, 3.8) is 0 Å². The van der Waals surface area contributed by atoms with Gasteiger partial charge in [-0.15, -0.1) is 0 Å². The summed E-state index contributed by atoms with van der Waals surface area (Å²) in [5, 5.41) is 11.0. The fraction of sp³-hybridized carbons (Fsp3) is 0.0769. The summed E-state index contributed by atoms with van der Waals surface area (Å²) < 4.78 is 26.1. The molecule has 2 aromatic carbocycles. The maximum absolute atomic E-state index is 12.6. The Morgan fingerprint density at radius 2 is 1.76 bits per heavy atom. The summed E-state index contributed by atoms with van der Waals surface area (Å²) in [5.41, 5.74) is 5.59. The van der Waals surface area contributed by atoms with E-state index in [9.17, 15) is 18.5 Å². The van der Waals surface area contributed by atoms with Crippen molar-refractivity contribution >= 4 is 27.1 Å². The Labute approximate surface area is 121 Å². The van der Waals surface area contributed by atoms with Crippen LogP contribution in [0.1, 0.15) is 0 Å². The van der Waals surface area contributed by atoms with E-state index in [-0.39, 0.29) is 5.69 Å². The lowest BCUT2D eigenvalue weighted by molar-refractivity contribution is -0.387. The molecule has 0 atom stereocenters. The summed E-state index contributed by atoms with van der Waals surface area (Å²) in [6.45, 7) is 0. The van der Waals surface area contributed by atoms with Crippen molar-refractivity contribution in [3.8, 4) is 0 Å². The minimum Gasteiger partial charge on any atom is -0.399 e. The molecule has 0 spiro atoms. The molecule has 0 saturated carbocycles. The zero-order valence-electron chi connectivity index (χ0n) is 11.1. The fourth-order valence-electron chi connectivity index (χ4n) is 1.81. The summed E-state index contributed by atoms with van der Waals surface area (Å²) >= 11 is 0. The molecule has 0 fully saturated rings. The SMILES string of the molecule is CN(c1ccccc1)S(=O)(=O)c1cc(N)ccc1[N+](=O)[O-]. The van der Waals surface area contributed by atoms with Gasteiger partial charge in [0.15, 0.2) is 4.90 Å². The molecule has 2 N–H and O–H groups in total. The number of nitrogens with two attached hydrogens (primary N) is 1. The number of nitrogens with zero attached hydrogens (tertiary/aromatic N) is 2. The lowest BCUT2D eigenvalue weighted by Crippen LogP contribution is -2.27. The van der Waals surface area contributed by atoms with Gasteiger partial charge in [0, 0.05) is 18.8 Å². The molecule has 0 aromatic heterocycles. The normalized spacial score (nSPS) is 11.1. The molecule has 0 aliphatic rings. The molecule has 8 heteroatoms. The minimum atomic E-state index is -4.08. The molecule has 0 saturated heterocycles. The first kappa shape index (κ1) is 14.8. The molecule has 2 aromatic rings. The van der Waals surface area contributed by atoms with Crippen LogP contribution in [-0.4, -0.2) is 20.4 Å². The van der Waals surface area contributed by atoms with Crippen molar-refractivity contribution in [3.05, 3.63) is 58.6 Å². The van der Waals surface area contributed by atoms with Gasteiger partial charge in [0.05, 0.1) is 10.6 Å². The largest absolute Gasteiger partial charge is 0.399 e. The summed E-state index contributed by atoms with van der Waals surface area (Å²) in [7, 11) is -2.75. The predicted octanol–water partition coefficient (Wildman–Crippen LogP) is 2.00. The Kier molecular flexibility index (Phi) is 3.81. The van der Waals surface area contributed by atoms with Gasteiger partial charge in [-0.3, -0.25) is 14.4 Å². The number of nitro benzene ring substituents is 1. The van der Waals surface area contributed by atoms with E-state index in [1.807, 2.05) is 0 Å². The number of hydrogen-bond acceptors (Lipinski definition) is 5. The average molecular weight is 307 g/mol. The molecular formula is C13H13N3O4S. The molecule has 110 valence electrons. The Hall–Kier alpha value is -2.61. The number of para-hydroxylation sites is 1. The van der Waals surface area contributed by atoms with Gasteiger partial charge >= 0.3 is 0 Å². The maximum Gasteiger partial charge on any atom is 0.290 e. The number of nitrogen functional groups attached to an aromatic ring is 1. The number of hydrogen-bond donors (Lipinski definition) is 1. The zero-order chi connectivity index (χ0) is 15.6. The van der Waals surface area contributed by atoms with Gasteiger partial charge in [0.1, 0.15) is 0 Å². The lowest BCUT2D eigenvalue weighted by Gasteiger charge is -2.19. The number of nitro groups is 1. The second-order valence-corrected chi connectivity index (χ2v) is 6.23. The first-order valence-electron chi connectivity index (χ1n) is 5.92. The summed E-state index contributed by atoms with van der Waals surface area (Å²) in [6, 6.07) is 11.7. The van der Waals surface area contributed by atoms with Crippen LogP contribution in [-0.2, 0) is 10.0 Å². The third kappa shape index (κ3) is 2.79. The van der Waals surface area contributed by atoms with Crippen molar-refractivity contribution in [2.45, 2.75) is 4.90 Å². The van der Waals surface area contributed by atoms with E-state index in [1.165, 1.54) is 13.1 Å². The van der Waals surface area contributed by atoms with E-state index in [1.54, 1.807) is 30.3 Å². The molecule has 21 heavy (non-hydrogen) atoms. The minimum absolute atomic E-state index is 0.139. The Morgan fingerprint density at radius 3 is 2.33 bits per heavy atom. The van der Waals surface area contributed by atoms with Gasteiger partial charge in [0.2, 0.25) is 0 Å². The monoisotopic (exact) mass is 307 g/mol. The van der Waals surface area contributed by atoms with Crippen LogP contribution in [0.3, 0.4) is 0 Å². The summed E-state index contributed by atoms with van der Waals surface area (Å²) in [6.07, 6.45) is 0. The van der Waals surface area contributed by atoms with Crippen LogP contribution in [0.15, 0.2) is 53.4 Å². The number of sulfonamides is 1. The molecule has 0 radical (unpaired) electrons. The highest BCUT2D eigenvalue weighted by molar-refractivity contribution is 7.93. The number of anilines is 2. The standard InChI is InChI=1S/C13H13N3O4S/c1-15(11-5-3-2-4-6-11)21(19,20)13-9-10(14)7-8-12(13)16(17)18/h2-9H,14H2,1H3. The van der Waals surface area contributed by atoms with Crippen molar-refractivity contribution in [2.24, 2.45) is 0 Å². The highest BCUT2D eigenvalue weighted by atomic mass is 32.2. The summed E-state index contributed by atoms with van der Waals surface area (Å²) in [5.74, 6) is 0. The van der Waals surface area contributed by atoms with Crippen LogP contribution in [0, 0.1) is 10.1 Å². The molecule has 0 aliphatic heterocycles.